The summed E-state index contributed by atoms with van der Waals surface area (Å²) >= 11 is 4.44. The minimum absolute atomic E-state index is 0.250. The molecule has 4 rings (SSSR count). The molecule has 3 heterocycles. The molecule has 0 spiro atoms. The molecule has 1 fully saturated rings. The number of hydrogen-bond acceptors (Lipinski definition) is 8. The van der Waals surface area contributed by atoms with Crippen LogP contribution in [0.2, 0.25) is 0 Å². The van der Waals surface area contributed by atoms with Gasteiger partial charge in [-0.1, -0.05) is 0 Å². The number of hydrogen-bond donors (Lipinski definition) is 2. The average molecular weight is 510 g/mol. The van der Waals surface area contributed by atoms with Gasteiger partial charge in [-0.3, -0.25) is 4.72 Å². The van der Waals surface area contributed by atoms with Crippen molar-refractivity contribution in [3.05, 3.63) is 51.9 Å². The number of benzene rings is 1. The summed E-state index contributed by atoms with van der Waals surface area (Å²) in [6.07, 6.45) is 0. The number of morpholine rings is 1. The molecule has 30 heavy (non-hydrogen) atoms. The first-order valence-corrected chi connectivity index (χ1v) is 12.3. The lowest BCUT2D eigenvalue weighted by Crippen LogP contribution is -2.36. The van der Waals surface area contributed by atoms with Gasteiger partial charge in [0, 0.05) is 36.2 Å². The zero-order valence-electron chi connectivity index (χ0n) is 16.1. The van der Waals surface area contributed by atoms with Crippen LogP contribution in [0.1, 0.15) is 5.69 Å². The third-order valence-corrected chi connectivity index (χ3v) is 7.88. The van der Waals surface area contributed by atoms with Crippen LogP contribution < -0.4 is 14.9 Å². The monoisotopic (exact) mass is 509 g/mol. The maximum absolute atomic E-state index is 12.4. The maximum Gasteiger partial charge on any atom is 0.271 e. The molecule has 0 unspecified atom stereocenters. The topological polar surface area (TPSA) is 96.5 Å². The predicted molar refractivity (Wildman–Crippen MR) is 122 cm³/mol. The van der Waals surface area contributed by atoms with Crippen LogP contribution in [-0.4, -0.2) is 44.7 Å². The van der Waals surface area contributed by atoms with Gasteiger partial charge in [-0.15, -0.1) is 11.3 Å². The lowest BCUT2D eigenvalue weighted by molar-refractivity contribution is 0.122. The number of rotatable bonds is 6. The summed E-state index contributed by atoms with van der Waals surface area (Å²) in [7, 11) is -3.61. The van der Waals surface area contributed by atoms with Crippen molar-refractivity contribution in [1.82, 2.24) is 9.97 Å². The standard InChI is InChI=1S/C19H20BrN5O3S2/c1-13-12-17(25-8-10-28-11-9-25)23-19(21-13)22-14-2-4-15(5-3-14)24-30(26,27)18-7-6-16(20)29-18/h2-7,12,24H,8-11H2,1H3,(H,21,22,23). The van der Waals surface area contributed by atoms with Gasteiger partial charge in [0.2, 0.25) is 5.95 Å². The van der Waals surface area contributed by atoms with Crippen LogP contribution in [0.15, 0.2) is 50.5 Å². The second-order valence-corrected chi connectivity index (χ2v) is 11.0. The van der Waals surface area contributed by atoms with E-state index in [0.717, 1.165) is 45.4 Å². The van der Waals surface area contributed by atoms with E-state index in [0.29, 0.717) is 24.8 Å². The summed E-state index contributed by atoms with van der Waals surface area (Å²) in [5.74, 6) is 1.35. The zero-order valence-corrected chi connectivity index (χ0v) is 19.3. The van der Waals surface area contributed by atoms with Crippen LogP contribution in [0, 0.1) is 6.92 Å². The largest absolute Gasteiger partial charge is 0.378 e. The highest BCUT2D eigenvalue weighted by Crippen LogP contribution is 2.28. The van der Waals surface area contributed by atoms with E-state index in [2.05, 4.69) is 40.8 Å². The van der Waals surface area contributed by atoms with Gasteiger partial charge in [0.25, 0.3) is 10.0 Å². The van der Waals surface area contributed by atoms with Gasteiger partial charge in [-0.05, 0) is 59.3 Å². The molecule has 0 saturated carbocycles. The fraction of sp³-hybridized carbons (Fsp3) is 0.263. The van der Waals surface area contributed by atoms with E-state index in [1.54, 1.807) is 36.4 Å². The first-order valence-electron chi connectivity index (χ1n) is 9.23. The molecule has 0 atom stereocenters. The van der Waals surface area contributed by atoms with Crippen molar-refractivity contribution in [2.24, 2.45) is 0 Å². The third kappa shape index (κ3) is 5.09. The smallest absolute Gasteiger partial charge is 0.271 e. The summed E-state index contributed by atoms with van der Waals surface area (Å²) in [6, 6.07) is 12.2. The van der Waals surface area contributed by atoms with Gasteiger partial charge in [-0.2, -0.15) is 4.98 Å². The molecular weight excluding hydrogens is 490 g/mol. The van der Waals surface area contributed by atoms with E-state index >= 15 is 0 Å². The van der Waals surface area contributed by atoms with Crippen LogP contribution in [0.25, 0.3) is 0 Å². The Morgan fingerprint density at radius 1 is 1.07 bits per heavy atom. The molecular formula is C19H20BrN5O3S2. The van der Waals surface area contributed by atoms with Crippen LogP contribution in [0.4, 0.5) is 23.1 Å². The SMILES string of the molecule is Cc1cc(N2CCOCC2)nc(Nc2ccc(NS(=O)(=O)c3ccc(Br)s3)cc2)n1. The summed E-state index contributed by atoms with van der Waals surface area (Å²) < 4.78 is 33.9. The van der Waals surface area contributed by atoms with Crippen molar-refractivity contribution in [1.29, 1.82) is 0 Å². The fourth-order valence-corrected chi connectivity index (χ4v) is 6.03. The molecule has 2 aromatic heterocycles. The zero-order chi connectivity index (χ0) is 21.1. The molecule has 0 radical (unpaired) electrons. The third-order valence-electron chi connectivity index (χ3n) is 4.38. The predicted octanol–water partition coefficient (Wildman–Crippen LogP) is 3.99. The van der Waals surface area contributed by atoms with E-state index in [1.807, 2.05) is 13.0 Å². The van der Waals surface area contributed by atoms with E-state index in [-0.39, 0.29) is 4.21 Å². The van der Waals surface area contributed by atoms with Crippen molar-refractivity contribution < 1.29 is 13.2 Å². The van der Waals surface area contributed by atoms with Gasteiger partial charge < -0.3 is 15.0 Å². The molecule has 11 heteroatoms. The molecule has 158 valence electrons. The number of nitrogens with zero attached hydrogens (tertiary/aromatic N) is 3. The van der Waals surface area contributed by atoms with E-state index < -0.39 is 10.0 Å². The average Bonchev–Trinajstić information content (AvgIpc) is 3.17. The molecule has 0 aliphatic carbocycles. The number of ether oxygens (including phenoxy) is 1. The van der Waals surface area contributed by atoms with Crippen molar-refractivity contribution in [2.45, 2.75) is 11.1 Å². The Morgan fingerprint density at radius 2 is 1.77 bits per heavy atom. The Morgan fingerprint density at radius 3 is 2.43 bits per heavy atom. The van der Waals surface area contributed by atoms with Gasteiger partial charge in [-0.25, -0.2) is 13.4 Å². The maximum atomic E-state index is 12.4. The van der Waals surface area contributed by atoms with E-state index in [4.69, 9.17) is 4.74 Å². The Kier molecular flexibility index (Phi) is 6.23. The summed E-state index contributed by atoms with van der Waals surface area (Å²) in [6.45, 7) is 4.89. The number of anilines is 4. The number of thiophene rings is 1. The minimum atomic E-state index is -3.61. The summed E-state index contributed by atoms with van der Waals surface area (Å²) in [4.78, 5) is 11.2. The molecule has 0 bridgehead atoms. The van der Waals surface area contributed by atoms with Crippen molar-refractivity contribution in [2.75, 3.05) is 41.2 Å². The minimum Gasteiger partial charge on any atom is -0.378 e. The highest BCUT2D eigenvalue weighted by molar-refractivity contribution is 9.11. The first kappa shape index (κ1) is 21.0. The van der Waals surface area contributed by atoms with Crippen LogP contribution in [0.5, 0.6) is 0 Å². The highest BCUT2D eigenvalue weighted by atomic mass is 79.9. The Balaban J connectivity index is 1.46. The van der Waals surface area contributed by atoms with Crippen molar-refractivity contribution in [3.8, 4) is 0 Å². The van der Waals surface area contributed by atoms with Gasteiger partial charge in [0.1, 0.15) is 10.0 Å². The summed E-state index contributed by atoms with van der Waals surface area (Å²) in [5, 5.41) is 3.19. The highest BCUT2D eigenvalue weighted by Gasteiger charge is 2.17. The molecule has 2 N–H and O–H groups in total. The number of halogens is 1. The lowest BCUT2D eigenvalue weighted by atomic mass is 10.3. The second-order valence-electron chi connectivity index (χ2n) is 6.66. The van der Waals surface area contributed by atoms with Gasteiger partial charge in [0.15, 0.2) is 0 Å². The van der Waals surface area contributed by atoms with Gasteiger partial charge >= 0.3 is 0 Å². The number of nitrogens with one attached hydrogen (secondary N) is 2. The number of aromatic nitrogens is 2. The van der Waals surface area contributed by atoms with Crippen LogP contribution >= 0.6 is 27.3 Å². The molecule has 1 aliphatic rings. The molecule has 8 nitrogen and oxygen atoms in total. The van der Waals surface area contributed by atoms with Gasteiger partial charge in [0.05, 0.1) is 17.0 Å². The Hall–Kier alpha value is -2.21. The number of aryl methyl sites for hydroxylation is 1. The lowest BCUT2D eigenvalue weighted by Gasteiger charge is -2.28. The van der Waals surface area contributed by atoms with E-state index in [9.17, 15) is 8.42 Å². The Labute approximate surface area is 187 Å². The first-order chi connectivity index (χ1) is 14.4. The fourth-order valence-electron chi connectivity index (χ4n) is 2.96. The quantitative estimate of drug-likeness (QED) is 0.518. The van der Waals surface area contributed by atoms with Crippen LogP contribution in [0.3, 0.4) is 0 Å². The molecule has 1 saturated heterocycles. The van der Waals surface area contributed by atoms with Crippen molar-refractivity contribution in [3.63, 3.8) is 0 Å². The van der Waals surface area contributed by atoms with E-state index in [1.165, 1.54) is 0 Å². The normalized spacial score (nSPS) is 14.5. The van der Waals surface area contributed by atoms with Crippen LogP contribution in [-0.2, 0) is 14.8 Å². The summed E-state index contributed by atoms with van der Waals surface area (Å²) in [5.41, 5.74) is 2.10. The van der Waals surface area contributed by atoms with Crippen molar-refractivity contribution >= 4 is 60.4 Å². The molecule has 1 aromatic carbocycles. The molecule has 0 amide bonds. The molecule has 1 aliphatic heterocycles. The Bertz CT molecular complexity index is 1130. The molecule has 3 aromatic rings. The number of sulfonamides is 1. The second kappa shape index (κ2) is 8.88.